The van der Waals surface area contributed by atoms with Crippen LogP contribution in [0.4, 0.5) is 5.69 Å². The summed E-state index contributed by atoms with van der Waals surface area (Å²) in [5.41, 5.74) is 19.4. The molecule has 4 aliphatic rings. The standard InChI is InChI=1S/C71H64N2O2/c1-7-48-21-25-50(26-22-48)45-74-58-42-57(43-59(44-58)75-46-51-27-23-49(8-2)24-28-51)73-67-20-13-12-18-61(67)64-40-55(30-34-68(64)73)71(6)37-35-53(36-38-71)63-39-54(52-16-10-9-11-17-52)29-33-66(63)72-56-31-32-60-62-19-14-15-47(3)69(62)70(4,5)65(60)41-56/h7-14,16-37,39-44,47,63,66,72H,1-2,15,38,45-46H2,3-6H3. The van der Waals surface area contributed by atoms with Gasteiger partial charge in [-0.2, -0.15) is 0 Å². The zero-order valence-corrected chi connectivity index (χ0v) is 43.5. The number of aromatic nitrogens is 1. The lowest BCUT2D eigenvalue weighted by atomic mass is 9.73. The molecule has 4 unspecified atom stereocenters. The lowest BCUT2D eigenvalue weighted by molar-refractivity contribution is 0.290. The molecule has 1 heterocycles. The second-order valence-corrected chi connectivity index (χ2v) is 21.7. The van der Waals surface area contributed by atoms with Gasteiger partial charge in [0.1, 0.15) is 24.7 Å². The fourth-order valence-corrected chi connectivity index (χ4v) is 12.2. The smallest absolute Gasteiger partial charge is 0.125 e. The van der Waals surface area contributed by atoms with E-state index in [2.05, 4.69) is 251 Å². The lowest BCUT2D eigenvalue weighted by Crippen LogP contribution is -2.31. The normalized spacial score (nSPS) is 20.3. The number of rotatable bonds is 14. The van der Waals surface area contributed by atoms with E-state index in [0.717, 1.165) is 63.3 Å². The third-order valence-corrected chi connectivity index (χ3v) is 16.4. The van der Waals surface area contributed by atoms with Gasteiger partial charge in [0, 0.05) is 51.4 Å². The SMILES string of the molecule is C=Cc1ccc(COc2cc(OCc3ccc(C=C)cc3)cc(-n3c4ccccc4c4cc(C5(C)C=CC(C6C=C(c7ccccc7)C=CC6Nc6ccc7c(c6)C(C)(C)C6=C7C=CCC6C)=CC5)ccc43)c2)cc1. The average Bonchev–Trinajstić information content (AvgIpc) is 3.91. The minimum atomic E-state index is -0.216. The molecule has 1 aromatic heterocycles. The fourth-order valence-electron chi connectivity index (χ4n) is 12.2. The van der Waals surface area contributed by atoms with E-state index in [4.69, 9.17) is 9.47 Å². The summed E-state index contributed by atoms with van der Waals surface area (Å²) >= 11 is 0. The molecule has 0 amide bonds. The summed E-state index contributed by atoms with van der Waals surface area (Å²) in [5.74, 6) is 2.14. The van der Waals surface area contributed by atoms with Crippen LogP contribution in [0.5, 0.6) is 11.5 Å². The van der Waals surface area contributed by atoms with Crippen LogP contribution in [0.25, 0.3) is 50.8 Å². The molecule has 0 bridgehead atoms. The van der Waals surface area contributed by atoms with Crippen molar-refractivity contribution in [1.82, 2.24) is 4.57 Å². The van der Waals surface area contributed by atoms with Gasteiger partial charge >= 0.3 is 0 Å². The second kappa shape index (κ2) is 19.5. The minimum absolute atomic E-state index is 0.0104. The number of nitrogens with zero attached hydrogens (tertiary/aromatic N) is 1. The van der Waals surface area contributed by atoms with Crippen LogP contribution in [-0.2, 0) is 24.0 Å². The number of hydrogen-bond acceptors (Lipinski definition) is 3. The highest BCUT2D eigenvalue weighted by Gasteiger charge is 2.40. The van der Waals surface area contributed by atoms with E-state index in [1.807, 2.05) is 18.2 Å². The first-order valence-electron chi connectivity index (χ1n) is 26.6. The van der Waals surface area contributed by atoms with Crippen molar-refractivity contribution in [3.05, 3.63) is 275 Å². The van der Waals surface area contributed by atoms with Crippen molar-refractivity contribution in [2.75, 3.05) is 5.32 Å². The highest BCUT2D eigenvalue weighted by Crippen LogP contribution is 2.53. The van der Waals surface area contributed by atoms with Gasteiger partial charge in [-0.05, 0) is 116 Å². The maximum atomic E-state index is 6.57. The van der Waals surface area contributed by atoms with Crippen LogP contribution in [0.15, 0.2) is 231 Å². The molecule has 12 rings (SSSR count). The highest BCUT2D eigenvalue weighted by molar-refractivity contribution is 6.09. The monoisotopic (exact) mass is 976 g/mol. The predicted molar refractivity (Wildman–Crippen MR) is 315 cm³/mol. The first kappa shape index (κ1) is 47.7. The van der Waals surface area contributed by atoms with E-state index in [9.17, 15) is 0 Å². The van der Waals surface area contributed by atoms with Gasteiger partial charge in [0.2, 0.25) is 0 Å². The Morgan fingerprint density at radius 2 is 1.36 bits per heavy atom. The Balaban J connectivity index is 0.854. The van der Waals surface area contributed by atoms with Crippen molar-refractivity contribution in [3.63, 3.8) is 0 Å². The van der Waals surface area contributed by atoms with E-state index in [0.29, 0.717) is 19.1 Å². The first-order valence-corrected chi connectivity index (χ1v) is 26.6. The molecule has 370 valence electrons. The van der Waals surface area contributed by atoms with E-state index in [1.165, 1.54) is 55.4 Å². The summed E-state index contributed by atoms with van der Waals surface area (Å²) in [6.45, 7) is 18.3. The van der Waals surface area contributed by atoms with E-state index in [-0.39, 0.29) is 22.8 Å². The molecular weight excluding hydrogens is 913 g/mol. The summed E-state index contributed by atoms with van der Waals surface area (Å²) in [5, 5.41) is 6.45. The molecule has 4 aliphatic carbocycles. The molecule has 7 aromatic carbocycles. The van der Waals surface area contributed by atoms with Gasteiger partial charge < -0.3 is 19.4 Å². The van der Waals surface area contributed by atoms with Crippen LogP contribution in [0.3, 0.4) is 0 Å². The fraction of sp³-hybridized carbons (Fsp3) is 0.183. The zero-order valence-electron chi connectivity index (χ0n) is 43.5. The van der Waals surface area contributed by atoms with Gasteiger partial charge in [-0.3, -0.25) is 0 Å². The molecule has 0 spiro atoms. The Bertz CT molecular complexity index is 3650. The van der Waals surface area contributed by atoms with Gasteiger partial charge in [-0.1, -0.05) is 211 Å². The van der Waals surface area contributed by atoms with Crippen LogP contribution in [-0.4, -0.2) is 10.6 Å². The number of benzene rings is 7. The van der Waals surface area contributed by atoms with Gasteiger partial charge in [-0.25, -0.2) is 0 Å². The van der Waals surface area contributed by atoms with Crippen molar-refractivity contribution in [3.8, 4) is 17.2 Å². The van der Waals surface area contributed by atoms with E-state index >= 15 is 0 Å². The van der Waals surface area contributed by atoms with Crippen molar-refractivity contribution in [2.45, 2.75) is 70.6 Å². The molecule has 8 aromatic rings. The van der Waals surface area contributed by atoms with Crippen molar-refractivity contribution < 1.29 is 9.47 Å². The molecule has 1 N–H and O–H groups in total. The van der Waals surface area contributed by atoms with E-state index in [1.54, 1.807) is 5.57 Å². The van der Waals surface area contributed by atoms with Gasteiger partial charge in [0.05, 0.1) is 22.8 Å². The summed E-state index contributed by atoms with van der Waals surface area (Å²) in [6.07, 6.45) is 24.9. The number of nitrogens with one attached hydrogen (secondary N) is 1. The molecule has 0 radical (unpaired) electrons. The Kier molecular flexibility index (Phi) is 12.4. The minimum Gasteiger partial charge on any atom is -0.489 e. The van der Waals surface area contributed by atoms with Crippen LogP contribution in [0, 0.1) is 11.8 Å². The maximum absolute atomic E-state index is 6.57. The number of allylic oxidation sites excluding steroid dienone is 9. The number of para-hydroxylation sites is 1. The van der Waals surface area contributed by atoms with Gasteiger partial charge in [0.25, 0.3) is 0 Å². The van der Waals surface area contributed by atoms with Crippen LogP contribution in [0.2, 0.25) is 0 Å². The summed E-state index contributed by atoms with van der Waals surface area (Å²) in [6, 6.07) is 56.6. The average molecular weight is 977 g/mol. The molecule has 0 aliphatic heterocycles. The van der Waals surface area contributed by atoms with Gasteiger partial charge in [-0.15, -0.1) is 0 Å². The number of anilines is 1. The largest absolute Gasteiger partial charge is 0.489 e. The summed E-state index contributed by atoms with van der Waals surface area (Å²) in [7, 11) is 0. The molecule has 4 heteroatoms. The topological polar surface area (TPSA) is 35.4 Å². The van der Waals surface area contributed by atoms with Crippen LogP contribution >= 0.6 is 0 Å². The molecule has 75 heavy (non-hydrogen) atoms. The lowest BCUT2D eigenvalue weighted by Gasteiger charge is -2.34. The van der Waals surface area contributed by atoms with Crippen LogP contribution < -0.4 is 14.8 Å². The third-order valence-electron chi connectivity index (χ3n) is 16.4. The van der Waals surface area contributed by atoms with Crippen molar-refractivity contribution in [1.29, 1.82) is 0 Å². The Labute approximate surface area is 442 Å². The third kappa shape index (κ3) is 9.03. The quantitative estimate of drug-likeness (QED) is 0.118. The number of ether oxygens (including phenoxy) is 2. The Morgan fingerprint density at radius 1 is 0.680 bits per heavy atom. The molecule has 4 nitrogen and oxygen atoms in total. The Hall–Kier alpha value is -8.34. The molecule has 0 fully saturated rings. The number of fused-ring (bicyclic) bond motifs is 5. The second-order valence-electron chi connectivity index (χ2n) is 21.7. The van der Waals surface area contributed by atoms with Crippen molar-refractivity contribution in [2.24, 2.45) is 11.8 Å². The molecule has 0 saturated heterocycles. The van der Waals surface area contributed by atoms with E-state index < -0.39 is 0 Å². The predicted octanol–water partition coefficient (Wildman–Crippen LogP) is 17.8. The zero-order chi connectivity index (χ0) is 51.3. The van der Waals surface area contributed by atoms with Gasteiger partial charge in [0.15, 0.2) is 0 Å². The summed E-state index contributed by atoms with van der Waals surface area (Å²) in [4.78, 5) is 0. The maximum Gasteiger partial charge on any atom is 0.125 e. The molecule has 4 atom stereocenters. The highest BCUT2D eigenvalue weighted by atomic mass is 16.5. The molecule has 0 saturated carbocycles. The number of hydrogen-bond donors (Lipinski definition) is 1. The van der Waals surface area contributed by atoms with Crippen molar-refractivity contribution >= 4 is 50.8 Å². The first-order chi connectivity index (χ1) is 36.5. The Morgan fingerprint density at radius 3 is 2.04 bits per heavy atom. The summed E-state index contributed by atoms with van der Waals surface area (Å²) < 4.78 is 15.5. The van der Waals surface area contributed by atoms with Crippen LogP contribution in [0.1, 0.15) is 85.0 Å². The molecular formula is C71H64N2O2.